The number of fused-ring (bicyclic) bond motifs is 1. The van der Waals surface area contributed by atoms with Crippen molar-refractivity contribution in [1.82, 2.24) is 19.5 Å². The molecule has 70 valence electrons. The summed E-state index contributed by atoms with van der Waals surface area (Å²) in [4.78, 5) is 22.5. The summed E-state index contributed by atoms with van der Waals surface area (Å²) >= 11 is 1.46. The van der Waals surface area contributed by atoms with Gasteiger partial charge in [0.25, 0.3) is 0 Å². The lowest BCUT2D eigenvalue weighted by atomic mass is 10.4. The van der Waals surface area contributed by atoms with E-state index in [4.69, 9.17) is 0 Å². The van der Waals surface area contributed by atoms with Crippen molar-refractivity contribution >= 4 is 17.7 Å². The molecule has 5 nitrogen and oxygen atoms in total. The third-order valence-electron chi connectivity index (χ3n) is 2.04. The van der Waals surface area contributed by atoms with E-state index in [1.165, 1.54) is 11.8 Å². The predicted octanol–water partition coefficient (Wildman–Crippen LogP) is 1.02. The second-order valence-corrected chi connectivity index (χ2v) is 3.87. The Morgan fingerprint density at radius 2 is 2.50 bits per heavy atom. The molecule has 1 aliphatic heterocycles. The average molecular weight is 206 g/mol. The van der Waals surface area contributed by atoms with Gasteiger partial charge in [-0.3, -0.25) is 9.36 Å². The van der Waals surface area contributed by atoms with Crippen molar-refractivity contribution in [2.24, 2.45) is 0 Å². The molecule has 2 aromatic heterocycles. The molecule has 0 spiro atoms. The lowest BCUT2D eigenvalue weighted by molar-refractivity contribution is 0.0939. The number of aromatic amines is 1. The number of thioether (sulfide) groups is 1. The Kier molecular flexibility index (Phi) is 1.51. The minimum atomic E-state index is 0.0864. The lowest BCUT2D eigenvalue weighted by Gasteiger charge is -1.89. The van der Waals surface area contributed by atoms with Crippen molar-refractivity contribution in [2.75, 3.05) is 5.75 Å². The first-order chi connectivity index (χ1) is 6.84. The molecule has 3 rings (SSSR count). The highest BCUT2D eigenvalue weighted by molar-refractivity contribution is 8.00. The van der Waals surface area contributed by atoms with Gasteiger partial charge in [0.2, 0.25) is 5.91 Å². The number of imidazole rings is 2. The van der Waals surface area contributed by atoms with Crippen LogP contribution in [0.2, 0.25) is 0 Å². The zero-order chi connectivity index (χ0) is 9.54. The lowest BCUT2D eigenvalue weighted by Crippen LogP contribution is -2.04. The van der Waals surface area contributed by atoms with Crippen molar-refractivity contribution in [3.05, 3.63) is 18.7 Å². The number of hydrogen-bond donors (Lipinski definition) is 1. The van der Waals surface area contributed by atoms with Gasteiger partial charge in [0, 0.05) is 6.20 Å². The first-order valence-electron chi connectivity index (χ1n) is 4.09. The Morgan fingerprint density at radius 3 is 3.21 bits per heavy atom. The van der Waals surface area contributed by atoms with Gasteiger partial charge in [-0.05, 0) is 0 Å². The molecule has 0 unspecified atom stereocenters. The number of aromatic nitrogens is 4. The van der Waals surface area contributed by atoms with Gasteiger partial charge in [0.1, 0.15) is 5.69 Å². The molecule has 0 radical (unpaired) electrons. The summed E-state index contributed by atoms with van der Waals surface area (Å²) in [6.07, 6.45) is 5.02. The van der Waals surface area contributed by atoms with Crippen molar-refractivity contribution < 1.29 is 4.79 Å². The van der Waals surface area contributed by atoms with Gasteiger partial charge in [0.15, 0.2) is 5.16 Å². The summed E-state index contributed by atoms with van der Waals surface area (Å²) in [6, 6.07) is 0. The highest BCUT2D eigenvalue weighted by Crippen LogP contribution is 2.27. The fourth-order valence-electron chi connectivity index (χ4n) is 1.37. The molecule has 6 heteroatoms. The van der Waals surface area contributed by atoms with Gasteiger partial charge in [-0.25, -0.2) is 9.97 Å². The van der Waals surface area contributed by atoms with E-state index in [2.05, 4.69) is 15.0 Å². The molecule has 1 N–H and O–H groups in total. The molecular weight excluding hydrogens is 200 g/mol. The van der Waals surface area contributed by atoms with Crippen LogP contribution in [0.1, 0.15) is 4.79 Å². The first kappa shape index (κ1) is 7.81. The number of carbonyl (C=O) groups is 1. The van der Waals surface area contributed by atoms with E-state index in [0.29, 0.717) is 5.75 Å². The van der Waals surface area contributed by atoms with E-state index in [-0.39, 0.29) is 5.91 Å². The number of rotatable bonds is 1. The molecule has 0 saturated carbocycles. The molecular formula is C8H6N4OS. The Hall–Kier alpha value is -1.56. The van der Waals surface area contributed by atoms with E-state index in [9.17, 15) is 4.79 Å². The fourth-order valence-corrected chi connectivity index (χ4v) is 2.21. The van der Waals surface area contributed by atoms with Crippen molar-refractivity contribution in [3.63, 3.8) is 0 Å². The SMILES string of the molecule is O=C1CSc2nc(-c3cnc[nH]3)cn21. The van der Waals surface area contributed by atoms with E-state index in [1.54, 1.807) is 23.3 Å². The number of carbonyl (C=O) groups excluding carboxylic acids is 1. The molecule has 2 aromatic rings. The largest absolute Gasteiger partial charge is 0.343 e. The standard InChI is InChI=1S/C8H6N4OS/c13-7-3-14-8-11-6(2-12(7)8)5-1-9-4-10-5/h1-2,4H,3H2,(H,9,10). The quantitative estimate of drug-likeness (QED) is 0.756. The minimum absolute atomic E-state index is 0.0864. The monoisotopic (exact) mass is 206 g/mol. The minimum Gasteiger partial charge on any atom is -0.343 e. The van der Waals surface area contributed by atoms with Crippen LogP contribution >= 0.6 is 11.8 Å². The highest BCUT2D eigenvalue weighted by Gasteiger charge is 2.22. The van der Waals surface area contributed by atoms with Gasteiger partial charge in [0.05, 0.1) is 24.0 Å². The second kappa shape index (κ2) is 2.71. The van der Waals surface area contributed by atoms with Crippen molar-refractivity contribution in [2.45, 2.75) is 5.16 Å². The van der Waals surface area contributed by atoms with Gasteiger partial charge in [-0.1, -0.05) is 11.8 Å². The maximum Gasteiger partial charge on any atom is 0.243 e. The zero-order valence-corrected chi connectivity index (χ0v) is 7.91. The third-order valence-corrected chi connectivity index (χ3v) is 2.98. The summed E-state index contributed by atoms with van der Waals surface area (Å²) < 4.78 is 1.58. The summed E-state index contributed by atoms with van der Waals surface area (Å²) in [5.74, 6) is 0.578. The van der Waals surface area contributed by atoms with Gasteiger partial charge < -0.3 is 4.98 Å². The first-order valence-corrected chi connectivity index (χ1v) is 5.07. The zero-order valence-electron chi connectivity index (χ0n) is 7.10. The van der Waals surface area contributed by atoms with Crippen LogP contribution in [-0.4, -0.2) is 31.2 Å². The van der Waals surface area contributed by atoms with E-state index < -0.39 is 0 Å². The molecule has 0 bridgehead atoms. The number of nitrogens with zero attached hydrogens (tertiary/aromatic N) is 3. The Bertz CT molecular complexity index is 487. The second-order valence-electron chi connectivity index (χ2n) is 2.93. The average Bonchev–Trinajstić information content (AvgIpc) is 2.83. The molecule has 14 heavy (non-hydrogen) atoms. The van der Waals surface area contributed by atoms with E-state index in [0.717, 1.165) is 16.5 Å². The summed E-state index contributed by atoms with van der Waals surface area (Å²) in [6.45, 7) is 0. The third kappa shape index (κ3) is 1.00. The summed E-state index contributed by atoms with van der Waals surface area (Å²) in [5, 5.41) is 0.764. The molecule has 0 amide bonds. The maximum atomic E-state index is 11.3. The van der Waals surface area contributed by atoms with E-state index >= 15 is 0 Å². The van der Waals surface area contributed by atoms with Crippen LogP contribution < -0.4 is 0 Å². The van der Waals surface area contributed by atoms with Gasteiger partial charge in [-0.15, -0.1) is 0 Å². The number of H-pyrrole nitrogens is 1. The van der Waals surface area contributed by atoms with Crippen molar-refractivity contribution in [3.8, 4) is 11.4 Å². The van der Waals surface area contributed by atoms with Gasteiger partial charge in [-0.2, -0.15) is 0 Å². The van der Waals surface area contributed by atoms with Crippen LogP contribution in [0.15, 0.2) is 23.9 Å². The van der Waals surface area contributed by atoms with Crippen LogP contribution in [0.25, 0.3) is 11.4 Å². The Balaban J connectivity index is 2.11. The smallest absolute Gasteiger partial charge is 0.243 e. The van der Waals surface area contributed by atoms with Gasteiger partial charge >= 0.3 is 0 Å². The Morgan fingerprint density at radius 1 is 1.57 bits per heavy atom. The fraction of sp³-hybridized carbons (Fsp3) is 0.125. The van der Waals surface area contributed by atoms with Crippen LogP contribution in [0.3, 0.4) is 0 Å². The Labute approximate surface area is 83.6 Å². The molecule has 0 aliphatic carbocycles. The molecule has 3 heterocycles. The van der Waals surface area contributed by atoms with Crippen molar-refractivity contribution in [1.29, 1.82) is 0 Å². The normalized spacial score (nSPS) is 14.7. The summed E-state index contributed by atoms with van der Waals surface area (Å²) in [5.41, 5.74) is 1.60. The predicted molar refractivity (Wildman–Crippen MR) is 51.2 cm³/mol. The molecule has 0 fully saturated rings. The topological polar surface area (TPSA) is 63.6 Å². The van der Waals surface area contributed by atoms with Crippen LogP contribution in [0, 0.1) is 0 Å². The molecule has 1 aliphatic rings. The summed E-state index contributed by atoms with van der Waals surface area (Å²) in [7, 11) is 0. The highest BCUT2D eigenvalue weighted by atomic mass is 32.2. The van der Waals surface area contributed by atoms with Crippen LogP contribution in [0.5, 0.6) is 0 Å². The maximum absolute atomic E-state index is 11.3. The molecule has 0 aromatic carbocycles. The number of hydrogen-bond acceptors (Lipinski definition) is 4. The number of nitrogens with one attached hydrogen (secondary N) is 1. The molecule has 0 saturated heterocycles. The van der Waals surface area contributed by atoms with Crippen LogP contribution in [-0.2, 0) is 0 Å². The molecule has 0 atom stereocenters. The van der Waals surface area contributed by atoms with E-state index in [1.807, 2.05) is 0 Å². The van der Waals surface area contributed by atoms with Crippen LogP contribution in [0.4, 0.5) is 0 Å².